The van der Waals surface area contributed by atoms with E-state index in [0.29, 0.717) is 6.04 Å². The Hall–Kier alpha value is -0.810. The molecule has 1 aromatic rings. The van der Waals surface area contributed by atoms with Crippen molar-refractivity contribution < 1.29 is 5.11 Å². The van der Waals surface area contributed by atoms with E-state index in [-0.39, 0.29) is 6.10 Å². The number of hydrogen-bond donors (Lipinski definition) is 3. The average molecular weight is 185 g/mol. The lowest BCUT2D eigenvalue weighted by Crippen LogP contribution is -2.38. The number of aromatic nitrogens is 1. The van der Waals surface area contributed by atoms with Crippen molar-refractivity contribution in [2.45, 2.75) is 25.0 Å². The van der Waals surface area contributed by atoms with E-state index in [1.165, 1.54) is 11.3 Å². The van der Waals surface area contributed by atoms with Crippen molar-refractivity contribution in [1.82, 2.24) is 4.98 Å². The summed E-state index contributed by atoms with van der Waals surface area (Å²) >= 11 is 1.44. The molecule has 5 heteroatoms. The fourth-order valence-corrected chi connectivity index (χ4v) is 1.89. The summed E-state index contributed by atoms with van der Waals surface area (Å²) in [4.78, 5) is 4.06. The number of nitrogen functional groups attached to an aromatic ring is 1. The molecule has 12 heavy (non-hydrogen) atoms. The molecule has 0 saturated heterocycles. The highest BCUT2D eigenvalue weighted by Gasteiger charge is 2.27. The third kappa shape index (κ3) is 1.51. The summed E-state index contributed by atoms with van der Waals surface area (Å²) in [6, 6.07) is 0.380. The number of aliphatic hydroxyl groups is 1. The minimum atomic E-state index is -0.125. The van der Waals surface area contributed by atoms with Gasteiger partial charge in [-0.3, -0.25) is 0 Å². The Morgan fingerprint density at radius 2 is 2.42 bits per heavy atom. The van der Waals surface area contributed by atoms with E-state index in [4.69, 9.17) is 10.8 Å². The molecule has 4 N–H and O–H groups in total. The number of aliphatic hydroxyl groups excluding tert-OH is 1. The Kier molecular flexibility index (Phi) is 1.90. The highest BCUT2D eigenvalue weighted by Crippen LogP contribution is 2.27. The van der Waals surface area contributed by atoms with Gasteiger partial charge in [-0.15, -0.1) is 0 Å². The van der Waals surface area contributed by atoms with Crippen LogP contribution in [0, 0.1) is 0 Å². The van der Waals surface area contributed by atoms with Gasteiger partial charge in [-0.25, -0.2) is 4.98 Å². The summed E-state index contributed by atoms with van der Waals surface area (Å²) in [6.07, 6.45) is 3.15. The monoisotopic (exact) mass is 185 g/mol. The largest absolute Gasteiger partial charge is 0.393 e. The van der Waals surface area contributed by atoms with E-state index in [9.17, 15) is 0 Å². The second-order valence-electron chi connectivity index (χ2n) is 3.03. The summed E-state index contributed by atoms with van der Waals surface area (Å²) in [5.41, 5.74) is 5.51. The quantitative estimate of drug-likeness (QED) is 0.633. The van der Waals surface area contributed by atoms with Crippen molar-refractivity contribution in [2.75, 3.05) is 11.1 Å². The Labute approximate surface area is 74.4 Å². The van der Waals surface area contributed by atoms with Crippen LogP contribution < -0.4 is 11.1 Å². The Balaban J connectivity index is 1.88. The van der Waals surface area contributed by atoms with Gasteiger partial charge in [0.2, 0.25) is 0 Å². The minimum absolute atomic E-state index is 0.125. The lowest BCUT2D eigenvalue weighted by molar-refractivity contribution is 0.0836. The molecule has 0 atom stereocenters. The maximum absolute atomic E-state index is 9.02. The molecular formula is C7H11N3OS. The summed E-state index contributed by atoms with van der Waals surface area (Å²) in [7, 11) is 0. The molecule has 0 aliphatic heterocycles. The number of thiazole rings is 1. The molecule has 0 amide bonds. The molecule has 0 spiro atoms. The van der Waals surface area contributed by atoms with Crippen molar-refractivity contribution >= 4 is 21.5 Å². The molecule has 1 aliphatic rings. The second-order valence-corrected chi connectivity index (χ2v) is 4.10. The van der Waals surface area contributed by atoms with Gasteiger partial charge < -0.3 is 16.2 Å². The predicted molar refractivity (Wildman–Crippen MR) is 49.2 cm³/mol. The first-order chi connectivity index (χ1) is 5.74. The Morgan fingerprint density at radius 1 is 1.67 bits per heavy atom. The molecule has 1 aliphatic carbocycles. The molecular weight excluding hydrogens is 174 g/mol. The van der Waals surface area contributed by atoms with Gasteiger partial charge in [0.05, 0.1) is 12.3 Å². The van der Waals surface area contributed by atoms with Crippen LogP contribution in [0.2, 0.25) is 0 Å². The molecule has 1 saturated carbocycles. The predicted octanol–water partition coefficient (Wildman–Crippen LogP) is 0.660. The number of nitrogens with two attached hydrogens (primary N) is 1. The van der Waals surface area contributed by atoms with Crippen LogP contribution in [0.1, 0.15) is 12.8 Å². The van der Waals surface area contributed by atoms with Gasteiger partial charge in [-0.2, -0.15) is 0 Å². The van der Waals surface area contributed by atoms with E-state index in [2.05, 4.69) is 10.3 Å². The normalized spacial score (nSPS) is 28.1. The van der Waals surface area contributed by atoms with Crippen LogP contribution in [0.5, 0.6) is 0 Å². The first-order valence-corrected chi connectivity index (χ1v) is 4.71. The zero-order chi connectivity index (χ0) is 8.55. The molecule has 4 nitrogen and oxygen atoms in total. The minimum Gasteiger partial charge on any atom is -0.393 e. The molecule has 1 heterocycles. The zero-order valence-corrected chi connectivity index (χ0v) is 7.34. The van der Waals surface area contributed by atoms with Crippen LogP contribution in [-0.2, 0) is 0 Å². The number of nitrogens with zero attached hydrogens (tertiary/aromatic N) is 1. The van der Waals surface area contributed by atoms with Crippen molar-refractivity contribution in [3.05, 3.63) is 6.20 Å². The van der Waals surface area contributed by atoms with Crippen molar-refractivity contribution in [2.24, 2.45) is 0 Å². The summed E-state index contributed by atoms with van der Waals surface area (Å²) in [6.45, 7) is 0. The number of anilines is 2. The third-order valence-corrected chi connectivity index (χ3v) is 2.72. The van der Waals surface area contributed by atoms with Crippen molar-refractivity contribution in [3.8, 4) is 0 Å². The number of nitrogens with one attached hydrogen (secondary N) is 1. The maximum atomic E-state index is 9.02. The van der Waals surface area contributed by atoms with E-state index in [1.807, 2.05) is 0 Å². The topological polar surface area (TPSA) is 71.2 Å². The number of rotatable bonds is 2. The van der Waals surface area contributed by atoms with Crippen LogP contribution >= 0.6 is 11.3 Å². The number of hydrogen-bond acceptors (Lipinski definition) is 5. The van der Waals surface area contributed by atoms with E-state index in [0.717, 1.165) is 23.0 Å². The van der Waals surface area contributed by atoms with Gasteiger partial charge in [0.1, 0.15) is 5.00 Å². The van der Waals surface area contributed by atoms with Gasteiger partial charge in [-0.1, -0.05) is 11.3 Å². The van der Waals surface area contributed by atoms with Gasteiger partial charge in [0.15, 0.2) is 5.13 Å². The van der Waals surface area contributed by atoms with Crippen LogP contribution in [0.4, 0.5) is 10.1 Å². The fraction of sp³-hybridized carbons (Fsp3) is 0.571. The van der Waals surface area contributed by atoms with Crippen LogP contribution in [0.25, 0.3) is 0 Å². The SMILES string of the molecule is Nc1cnc(NC2CC(O)C2)s1. The highest BCUT2D eigenvalue weighted by atomic mass is 32.1. The maximum Gasteiger partial charge on any atom is 0.184 e. The molecule has 1 aromatic heterocycles. The second kappa shape index (κ2) is 2.91. The zero-order valence-electron chi connectivity index (χ0n) is 6.53. The molecule has 1 fully saturated rings. The van der Waals surface area contributed by atoms with Gasteiger partial charge in [0.25, 0.3) is 0 Å². The van der Waals surface area contributed by atoms with Crippen molar-refractivity contribution in [1.29, 1.82) is 0 Å². The summed E-state index contributed by atoms with van der Waals surface area (Å²) in [5, 5.41) is 13.8. The van der Waals surface area contributed by atoms with Gasteiger partial charge in [-0.05, 0) is 12.8 Å². The smallest absolute Gasteiger partial charge is 0.184 e. The molecule has 0 bridgehead atoms. The highest BCUT2D eigenvalue weighted by molar-refractivity contribution is 7.19. The molecule has 0 radical (unpaired) electrons. The standard InChI is InChI=1S/C7H11N3OS/c8-6-3-9-7(12-6)10-4-1-5(11)2-4/h3-5,11H,1-2,8H2,(H,9,10). The Bertz CT molecular complexity index is 269. The summed E-state index contributed by atoms with van der Waals surface area (Å²) in [5.74, 6) is 0. The molecule has 66 valence electrons. The van der Waals surface area contributed by atoms with E-state index < -0.39 is 0 Å². The van der Waals surface area contributed by atoms with E-state index in [1.54, 1.807) is 6.20 Å². The van der Waals surface area contributed by atoms with E-state index >= 15 is 0 Å². The average Bonchev–Trinajstić information content (AvgIpc) is 2.33. The third-order valence-electron chi connectivity index (χ3n) is 1.96. The fourth-order valence-electron chi connectivity index (χ4n) is 1.23. The first-order valence-electron chi connectivity index (χ1n) is 3.90. The Morgan fingerprint density at radius 3 is 2.92 bits per heavy atom. The summed E-state index contributed by atoms with van der Waals surface area (Å²) < 4.78 is 0. The van der Waals surface area contributed by atoms with Crippen LogP contribution in [0.3, 0.4) is 0 Å². The van der Waals surface area contributed by atoms with Gasteiger partial charge >= 0.3 is 0 Å². The molecule has 0 aromatic carbocycles. The van der Waals surface area contributed by atoms with Gasteiger partial charge in [0, 0.05) is 6.04 Å². The van der Waals surface area contributed by atoms with Crippen LogP contribution in [0.15, 0.2) is 6.20 Å². The van der Waals surface area contributed by atoms with Crippen molar-refractivity contribution in [3.63, 3.8) is 0 Å². The lowest BCUT2D eigenvalue weighted by atomic mass is 9.90. The van der Waals surface area contributed by atoms with Crippen LogP contribution in [-0.4, -0.2) is 22.2 Å². The molecule has 2 rings (SSSR count). The first kappa shape index (κ1) is 7.82. The lowest BCUT2D eigenvalue weighted by Gasteiger charge is -2.31. The molecule has 0 unspecified atom stereocenters.